The van der Waals surface area contributed by atoms with Gasteiger partial charge in [0.25, 0.3) is 0 Å². The summed E-state index contributed by atoms with van der Waals surface area (Å²) in [4.78, 5) is 23.0. The van der Waals surface area contributed by atoms with Gasteiger partial charge >= 0.3 is 0 Å². The molecule has 0 saturated heterocycles. The molecule has 6 nitrogen and oxygen atoms in total. The van der Waals surface area contributed by atoms with E-state index < -0.39 is 0 Å². The van der Waals surface area contributed by atoms with Gasteiger partial charge in [0.2, 0.25) is 11.8 Å². The van der Waals surface area contributed by atoms with E-state index in [1.807, 2.05) is 32.2 Å². The molecule has 1 aromatic rings. The molecule has 0 aromatic heterocycles. The molecule has 0 aliphatic carbocycles. The molecular weight excluding hydrogens is 294 g/mol. The Morgan fingerprint density at radius 2 is 2.22 bits per heavy atom. The number of benzene rings is 1. The van der Waals surface area contributed by atoms with Crippen LogP contribution in [0.25, 0.3) is 0 Å². The molecule has 23 heavy (non-hydrogen) atoms. The van der Waals surface area contributed by atoms with Gasteiger partial charge in [0.1, 0.15) is 5.75 Å². The molecule has 0 bridgehead atoms. The SMILES string of the molecule is CNC(C)CNC(=O)CCCOc1ccc2c(c1)CCC(=O)N2. The number of ether oxygens (including phenoxy) is 1. The van der Waals surface area contributed by atoms with Crippen LogP contribution in [0, 0.1) is 0 Å². The van der Waals surface area contributed by atoms with Crippen LogP contribution in [-0.2, 0) is 16.0 Å². The van der Waals surface area contributed by atoms with Gasteiger partial charge in [-0.25, -0.2) is 0 Å². The summed E-state index contributed by atoms with van der Waals surface area (Å²) in [7, 11) is 1.87. The number of aryl methyl sites for hydroxylation is 1. The zero-order valence-corrected chi connectivity index (χ0v) is 13.8. The Kier molecular flexibility index (Phi) is 6.40. The molecule has 2 rings (SSSR count). The highest BCUT2D eigenvalue weighted by molar-refractivity contribution is 5.94. The van der Waals surface area contributed by atoms with E-state index in [1.54, 1.807) is 0 Å². The zero-order valence-electron chi connectivity index (χ0n) is 13.8. The Morgan fingerprint density at radius 1 is 1.39 bits per heavy atom. The first-order valence-electron chi connectivity index (χ1n) is 8.08. The Labute approximate surface area is 137 Å². The van der Waals surface area contributed by atoms with Crippen molar-refractivity contribution in [3.63, 3.8) is 0 Å². The Morgan fingerprint density at radius 3 is 3.00 bits per heavy atom. The maximum absolute atomic E-state index is 11.7. The van der Waals surface area contributed by atoms with Gasteiger partial charge in [-0.2, -0.15) is 0 Å². The Hall–Kier alpha value is -2.08. The summed E-state index contributed by atoms with van der Waals surface area (Å²) in [6.45, 7) is 3.15. The highest BCUT2D eigenvalue weighted by Crippen LogP contribution is 2.26. The molecule has 1 aromatic carbocycles. The van der Waals surface area contributed by atoms with Crippen molar-refractivity contribution < 1.29 is 14.3 Å². The lowest BCUT2D eigenvalue weighted by molar-refractivity contribution is -0.121. The lowest BCUT2D eigenvalue weighted by Crippen LogP contribution is -2.37. The van der Waals surface area contributed by atoms with E-state index in [0.717, 1.165) is 23.4 Å². The smallest absolute Gasteiger partial charge is 0.224 e. The normalized spacial score (nSPS) is 14.6. The summed E-state index contributed by atoms with van der Waals surface area (Å²) < 4.78 is 5.69. The van der Waals surface area contributed by atoms with Crippen LogP contribution in [0.3, 0.4) is 0 Å². The largest absolute Gasteiger partial charge is 0.494 e. The monoisotopic (exact) mass is 319 g/mol. The second-order valence-electron chi connectivity index (χ2n) is 5.81. The first kappa shape index (κ1) is 17.3. The minimum absolute atomic E-state index is 0.0452. The van der Waals surface area contributed by atoms with Crippen molar-refractivity contribution in [2.45, 2.75) is 38.6 Å². The molecule has 1 atom stereocenters. The number of amides is 2. The second kappa shape index (κ2) is 8.53. The summed E-state index contributed by atoms with van der Waals surface area (Å²) in [5.74, 6) is 0.887. The van der Waals surface area contributed by atoms with Crippen molar-refractivity contribution in [1.82, 2.24) is 10.6 Å². The molecule has 126 valence electrons. The predicted octanol–water partition coefficient (Wildman–Crippen LogP) is 1.45. The minimum Gasteiger partial charge on any atom is -0.494 e. The van der Waals surface area contributed by atoms with Crippen LogP contribution in [0.1, 0.15) is 31.7 Å². The van der Waals surface area contributed by atoms with E-state index >= 15 is 0 Å². The number of carbonyl (C=O) groups excluding carboxylic acids is 2. The lowest BCUT2D eigenvalue weighted by atomic mass is 10.0. The zero-order chi connectivity index (χ0) is 16.7. The fourth-order valence-electron chi connectivity index (χ4n) is 2.33. The first-order chi connectivity index (χ1) is 11.1. The summed E-state index contributed by atoms with van der Waals surface area (Å²) >= 11 is 0. The van der Waals surface area contributed by atoms with Crippen molar-refractivity contribution >= 4 is 17.5 Å². The van der Waals surface area contributed by atoms with Gasteiger partial charge in [-0.05, 0) is 50.6 Å². The summed E-state index contributed by atoms with van der Waals surface area (Å²) in [5, 5.41) is 8.80. The molecule has 1 aliphatic rings. The fraction of sp³-hybridized carbons (Fsp3) is 0.529. The van der Waals surface area contributed by atoms with Gasteiger partial charge in [0.15, 0.2) is 0 Å². The Bertz CT molecular complexity index is 560. The number of anilines is 1. The third-order valence-electron chi connectivity index (χ3n) is 3.89. The van der Waals surface area contributed by atoms with Crippen LogP contribution < -0.4 is 20.7 Å². The van der Waals surface area contributed by atoms with E-state index in [-0.39, 0.29) is 17.9 Å². The van der Waals surface area contributed by atoms with Crippen LogP contribution >= 0.6 is 0 Å². The van der Waals surface area contributed by atoms with Gasteiger partial charge < -0.3 is 20.7 Å². The van der Waals surface area contributed by atoms with Crippen molar-refractivity contribution in [2.75, 3.05) is 25.5 Å². The molecule has 1 heterocycles. The van der Waals surface area contributed by atoms with E-state index in [9.17, 15) is 9.59 Å². The molecule has 2 amide bonds. The number of fused-ring (bicyclic) bond motifs is 1. The second-order valence-corrected chi connectivity index (χ2v) is 5.81. The topological polar surface area (TPSA) is 79.5 Å². The third kappa shape index (κ3) is 5.56. The first-order valence-corrected chi connectivity index (χ1v) is 8.08. The van der Waals surface area contributed by atoms with E-state index in [0.29, 0.717) is 32.4 Å². The van der Waals surface area contributed by atoms with Crippen LogP contribution in [0.2, 0.25) is 0 Å². The predicted molar refractivity (Wildman–Crippen MR) is 89.7 cm³/mol. The quantitative estimate of drug-likeness (QED) is 0.634. The van der Waals surface area contributed by atoms with Crippen molar-refractivity contribution in [1.29, 1.82) is 0 Å². The summed E-state index contributed by atoms with van der Waals surface area (Å²) in [5.41, 5.74) is 1.97. The van der Waals surface area contributed by atoms with E-state index in [2.05, 4.69) is 16.0 Å². The fourth-order valence-corrected chi connectivity index (χ4v) is 2.33. The maximum atomic E-state index is 11.7. The van der Waals surface area contributed by atoms with Gasteiger partial charge in [-0.15, -0.1) is 0 Å². The molecule has 1 aliphatic heterocycles. The van der Waals surface area contributed by atoms with Crippen LogP contribution in [0.4, 0.5) is 5.69 Å². The van der Waals surface area contributed by atoms with Gasteiger partial charge in [0, 0.05) is 31.1 Å². The van der Waals surface area contributed by atoms with Crippen LogP contribution in [0.5, 0.6) is 5.75 Å². The molecular formula is C17H25N3O3. The summed E-state index contributed by atoms with van der Waals surface area (Å²) in [6, 6.07) is 5.95. The van der Waals surface area contributed by atoms with E-state index in [4.69, 9.17) is 4.74 Å². The summed E-state index contributed by atoms with van der Waals surface area (Å²) in [6.07, 6.45) is 2.39. The highest BCUT2D eigenvalue weighted by atomic mass is 16.5. The number of rotatable bonds is 8. The van der Waals surface area contributed by atoms with Crippen LogP contribution in [0.15, 0.2) is 18.2 Å². The third-order valence-corrected chi connectivity index (χ3v) is 3.89. The van der Waals surface area contributed by atoms with Crippen molar-refractivity contribution in [2.24, 2.45) is 0 Å². The van der Waals surface area contributed by atoms with Crippen molar-refractivity contribution in [3.05, 3.63) is 23.8 Å². The number of hydrogen-bond donors (Lipinski definition) is 3. The van der Waals surface area contributed by atoms with Gasteiger partial charge in [-0.1, -0.05) is 0 Å². The number of nitrogens with one attached hydrogen (secondary N) is 3. The Balaban J connectivity index is 1.68. The lowest BCUT2D eigenvalue weighted by Gasteiger charge is -2.17. The molecule has 0 fully saturated rings. The number of hydrogen-bond acceptors (Lipinski definition) is 4. The molecule has 0 radical (unpaired) electrons. The average Bonchev–Trinajstić information content (AvgIpc) is 2.56. The molecule has 0 saturated carbocycles. The average molecular weight is 319 g/mol. The standard InChI is InChI=1S/C17H25N3O3/c1-12(18-2)11-19-16(21)4-3-9-23-14-6-7-15-13(10-14)5-8-17(22)20-15/h6-7,10,12,18H,3-5,8-9,11H2,1-2H3,(H,19,21)(H,20,22). The molecule has 6 heteroatoms. The van der Waals surface area contributed by atoms with Gasteiger partial charge in [-0.3, -0.25) is 9.59 Å². The number of carbonyl (C=O) groups is 2. The minimum atomic E-state index is 0.0452. The molecule has 3 N–H and O–H groups in total. The molecule has 0 spiro atoms. The van der Waals surface area contributed by atoms with E-state index in [1.165, 1.54) is 0 Å². The number of likely N-dealkylation sites (N-methyl/N-ethyl adjacent to an activating group) is 1. The van der Waals surface area contributed by atoms with Gasteiger partial charge in [0.05, 0.1) is 6.61 Å². The highest BCUT2D eigenvalue weighted by Gasteiger charge is 2.15. The molecule has 1 unspecified atom stereocenters. The van der Waals surface area contributed by atoms with Crippen LogP contribution in [-0.4, -0.2) is 38.1 Å². The van der Waals surface area contributed by atoms with Crippen molar-refractivity contribution in [3.8, 4) is 5.75 Å². The maximum Gasteiger partial charge on any atom is 0.224 e.